The molecule has 1 aliphatic heterocycles. The van der Waals surface area contributed by atoms with Crippen molar-refractivity contribution in [1.82, 2.24) is 24.3 Å². The largest absolute Gasteiger partial charge is 0.361 e. The molecule has 32 heavy (non-hydrogen) atoms. The molecule has 1 amide bonds. The number of para-hydroxylation sites is 2. The first-order chi connectivity index (χ1) is 15.5. The molecule has 1 saturated heterocycles. The second-order valence-electron chi connectivity index (χ2n) is 8.36. The first-order valence-corrected chi connectivity index (χ1v) is 10.8. The van der Waals surface area contributed by atoms with Crippen molar-refractivity contribution < 1.29 is 4.79 Å². The van der Waals surface area contributed by atoms with Gasteiger partial charge in [-0.2, -0.15) is 0 Å². The van der Waals surface area contributed by atoms with Gasteiger partial charge in [0.25, 0.3) is 5.56 Å². The van der Waals surface area contributed by atoms with Crippen molar-refractivity contribution in [2.45, 2.75) is 12.5 Å². The Bertz CT molecular complexity index is 1410. The second kappa shape index (κ2) is 8.12. The van der Waals surface area contributed by atoms with E-state index in [1.54, 1.807) is 29.2 Å². The van der Waals surface area contributed by atoms with Crippen molar-refractivity contribution >= 4 is 27.7 Å². The van der Waals surface area contributed by atoms with Gasteiger partial charge in [0, 0.05) is 49.7 Å². The molecule has 0 bridgehead atoms. The molecule has 164 valence electrons. The van der Waals surface area contributed by atoms with Crippen LogP contribution in [0.15, 0.2) is 64.3 Å². The zero-order chi connectivity index (χ0) is 22.2. The lowest BCUT2D eigenvalue weighted by Crippen LogP contribution is -2.52. The van der Waals surface area contributed by atoms with Crippen LogP contribution in [0.1, 0.15) is 11.6 Å². The number of aromatic nitrogens is 3. The standard InChI is InChI=1S/C24H25N5O3/c1-27-10-12-28(13-11-27)23(31)21(14-16-15-25-19-8-4-2-6-17(16)19)29-22(30)18-7-3-5-9-20(18)26-24(29)32/h2-9,15,21,25H,10-14H2,1H3,(H,26,32). The number of nitrogens with one attached hydrogen (secondary N) is 2. The number of carbonyl (C=O) groups is 1. The molecule has 3 heterocycles. The Morgan fingerprint density at radius 2 is 1.59 bits per heavy atom. The Balaban J connectivity index is 1.63. The first-order valence-electron chi connectivity index (χ1n) is 10.8. The lowest BCUT2D eigenvalue weighted by atomic mass is 10.0. The molecule has 1 fully saturated rings. The molecule has 0 radical (unpaired) electrons. The van der Waals surface area contributed by atoms with E-state index in [2.05, 4.69) is 14.9 Å². The molecule has 2 aromatic carbocycles. The highest BCUT2D eigenvalue weighted by atomic mass is 16.2. The smallest absolute Gasteiger partial charge is 0.329 e. The van der Waals surface area contributed by atoms with Crippen LogP contribution in [0.3, 0.4) is 0 Å². The van der Waals surface area contributed by atoms with Gasteiger partial charge in [-0.15, -0.1) is 0 Å². The van der Waals surface area contributed by atoms with E-state index in [0.717, 1.165) is 34.1 Å². The molecule has 8 heteroatoms. The van der Waals surface area contributed by atoms with Crippen LogP contribution >= 0.6 is 0 Å². The number of nitrogens with zero attached hydrogens (tertiary/aromatic N) is 3. The highest BCUT2D eigenvalue weighted by molar-refractivity contribution is 5.86. The van der Waals surface area contributed by atoms with Crippen LogP contribution in [-0.4, -0.2) is 63.5 Å². The monoisotopic (exact) mass is 431 g/mol. The molecule has 4 aromatic rings. The summed E-state index contributed by atoms with van der Waals surface area (Å²) in [4.78, 5) is 50.0. The first kappa shape index (κ1) is 20.3. The van der Waals surface area contributed by atoms with Gasteiger partial charge in [-0.05, 0) is 30.8 Å². The SMILES string of the molecule is CN1CCN(C(=O)C(Cc2c[nH]c3ccccc23)n2c(=O)[nH]c3ccccc3c2=O)CC1. The number of fused-ring (bicyclic) bond motifs is 2. The molecule has 0 saturated carbocycles. The maximum Gasteiger partial charge on any atom is 0.329 e. The van der Waals surface area contributed by atoms with Crippen molar-refractivity contribution in [2.24, 2.45) is 0 Å². The van der Waals surface area contributed by atoms with Crippen LogP contribution in [0.4, 0.5) is 0 Å². The molecule has 2 N–H and O–H groups in total. The molecule has 0 spiro atoms. The van der Waals surface area contributed by atoms with Gasteiger partial charge in [0.2, 0.25) is 5.91 Å². The fourth-order valence-electron chi connectivity index (χ4n) is 4.49. The maximum atomic E-state index is 13.7. The Hall–Kier alpha value is -3.65. The normalized spacial score (nSPS) is 16.0. The minimum absolute atomic E-state index is 0.203. The van der Waals surface area contributed by atoms with Crippen LogP contribution in [0, 0.1) is 0 Å². The van der Waals surface area contributed by atoms with Crippen molar-refractivity contribution in [3.05, 3.63) is 81.1 Å². The summed E-state index contributed by atoms with van der Waals surface area (Å²) in [7, 11) is 2.02. The summed E-state index contributed by atoms with van der Waals surface area (Å²) < 4.78 is 1.10. The number of piperazine rings is 1. The highest BCUT2D eigenvalue weighted by Crippen LogP contribution is 2.24. The number of amides is 1. The third-order valence-electron chi connectivity index (χ3n) is 6.34. The van der Waals surface area contributed by atoms with Gasteiger partial charge in [-0.1, -0.05) is 30.3 Å². The number of rotatable bonds is 4. The lowest BCUT2D eigenvalue weighted by molar-refractivity contribution is -0.136. The molecule has 0 aliphatic carbocycles. The maximum absolute atomic E-state index is 13.7. The minimum atomic E-state index is -0.932. The highest BCUT2D eigenvalue weighted by Gasteiger charge is 2.31. The number of carbonyl (C=O) groups excluding carboxylic acids is 1. The Morgan fingerprint density at radius 1 is 0.938 bits per heavy atom. The molecule has 5 rings (SSSR count). The molecule has 1 unspecified atom stereocenters. The number of aromatic amines is 2. The van der Waals surface area contributed by atoms with Gasteiger partial charge in [-0.25, -0.2) is 9.36 Å². The molecule has 2 aromatic heterocycles. The van der Waals surface area contributed by atoms with Gasteiger partial charge in [0.15, 0.2) is 0 Å². The molecule has 1 aliphatic rings. The fraction of sp³-hybridized carbons (Fsp3) is 0.292. The third-order valence-corrected chi connectivity index (χ3v) is 6.34. The number of benzene rings is 2. The van der Waals surface area contributed by atoms with E-state index in [4.69, 9.17) is 0 Å². The summed E-state index contributed by atoms with van der Waals surface area (Å²) in [6, 6.07) is 13.8. The quantitative estimate of drug-likeness (QED) is 0.515. The van der Waals surface area contributed by atoms with Crippen LogP contribution in [0.2, 0.25) is 0 Å². The topological polar surface area (TPSA) is 94.2 Å². The van der Waals surface area contributed by atoms with Gasteiger partial charge in [-0.3, -0.25) is 9.59 Å². The van der Waals surface area contributed by atoms with E-state index >= 15 is 0 Å². The van der Waals surface area contributed by atoms with E-state index in [0.29, 0.717) is 24.0 Å². The van der Waals surface area contributed by atoms with E-state index in [1.165, 1.54) is 0 Å². The van der Waals surface area contributed by atoms with Crippen molar-refractivity contribution in [3.63, 3.8) is 0 Å². The molecular weight excluding hydrogens is 406 g/mol. The summed E-state index contributed by atoms with van der Waals surface area (Å²) in [5, 5.41) is 1.37. The molecule has 8 nitrogen and oxygen atoms in total. The lowest BCUT2D eigenvalue weighted by Gasteiger charge is -2.34. The molecule has 1 atom stereocenters. The van der Waals surface area contributed by atoms with Gasteiger partial charge < -0.3 is 19.8 Å². The fourth-order valence-corrected chi connectivity index (χ4v) is 4.49. The zero-order valence-electron chi connectivity index (χ0n) is 17.9. The summed E-state index contributed by atoms with van der Waals surface area (Å²) in [5.74, 6) is -0.203. The van der Waals surface area contributed by atoms with E-state index in [1.807, 2.05) is 37.5 Å². The third kappa shape index (κ3) is 3.52. The van der Waals surface area contributed by atoms with Crippen molar-refractivity contribution in [1.29, 1.82) is 0 Å². The van der Waals surface area contributed by atoms with E-state index in [-0.39, 0.29) is 12.3 Å². The van der Waals surface area contributed by atoms with Crippen molar-refractivity contribution in [3.8, 4) is 0 Å². The number of hydrogen-bond donors (Lipinski definition) is 2. The number of likely N-dealkylation sites (N-methyl/N-ethyl adjacent to an activating group) is 1. The average molecular weight is 431 g/mol. The summed E-state index contributed by atoms with van der Waals surface area (Å²) >= 11 is 0. The van der Waals surface area contributed by atoms with Crippen LogP contribution in [0.5, 0.6) is 0 Å². The summed E-state index contributed by atoms with van der Waals surface area (Å²) in [5.41, 5.74) is 1.30. The van der Waals surface area contributed by atoms with Crippen LogP contribution in [-0.2, 0) is 11.2 Å². The zero-order valence-corrected chi connectivity index (χ0v) is 17.9. The minimum Gasteiger partial charge on any atom is -0.361 e. The number of H-pyrrole nitrogens is 2. The Morgan fingerprint density at radius 3 is 2.34 bits per heavy atom. The second-order valence-corrected chi connectivity index (χ2v) is 8.36. The summed E-state index contributed by atoms with van der Waals surface area (Å²) in [6.45, 7) is 2.66. The predicted octanol–water partition coefficient (Wildman–Crippen LogP) is 1.73. The van der Waals surface area contributed by atoms with Gasteiger partial charge in [0.1, 0.15) is 6.04 Å². The Kier molecular flexibility index (Phi) is 5.14. The van der Waals surface area contributed by atoms with Gasteiger partial charge >= 0.3 is 5.69 Å². The Labute approximate surface area is 184 Å². The molecular formula is C24H25N5O3. The van der Waals surface area contributed by atoms with E-state index in [9.17, 15) is 14.4 Å². The van der Waals surface area contributed by atoms with Crippen molar-refractivity contribution in [2.75, 3.05) is 33.2 Å². The average Bonchev–Trinajstić information content (AvgIpc) is 3.21. The predicted molar refractivity (Wildman–Crippen MR) is 124 cm³/mol. The number of hydrogen-bond acceptors (Lipinski definition) is 4. The van der Waals surface area contributed by atoms with Crippen LogP contribution < -0.4 is 11.2 Å². The van der Waals surface area contributed by atoms with E-state index < -0.39 is 17.3 Å². The summed E-state index contributed by atoms with van der Waals surface area (Å²) in [6.07, 6.45) is 2.10. The van der Waals surface area contributed by atoms with Crippen LogP contribution in [0.25, 0.3) is 21.8 Å². The van der Waals surface area contributed by atoms with Gasteiger partial charge in [0.05, 0.1) is 10.9 Å².